The van der Waals surface area contributed by atoms with E-state index in [2.05, 4.69) is 17.2 Å². The van der Waals surface area contributed by atoms with Gasteiger partial charge in [0, 0.05) is 0 Å². The zero-order chi connectivity index (χ0) is 13.0. The molecule has 5 nitrogen and oxygen atoms in total. The number of aromatic amines is 1. The van der Waals surface area contributed by atoms with E-state index in [0.29, 0.717) is 18.0 Å². The molecular formula is C13H19N3O2. The number of hydrogen-bond donors (Lipinski definition) is 3. The molecule has 0 bridgehead atoms. The van der Waals surface area contributed by atoms with Gasteiger partial charge in [-0.25, -0.2) is 4.79 Å². The van der Waals surface area contributed by atoms with Gasteiger partial charge in [-0.15, -0.1) is 0 Å². The molecule has 0 aliphatic rings. The number of oxazole rings is 1. The van der Waals surface area contributed by atoms with Crippen LogP contribution < -0.4 is 16.8 Å². The smallest absolute Gasteiger partial charge is 0.408 e. The Bertz CT molecular complexity index is 559. The molecule has 5 heteroatoms. The van der Waals surface area contributed by atoms with Crippen LogP contribution in [0.3, 0.4) is 0 Å². The molecule has 4 N–H and O–H groups in total. The zero-order valence-corrected chi connectivity index (χ0v) is 10.5. The molecule has 2 aromatic rings. The first-order valence-corrected chi connectivity index (χ1v) is 6.21. The number of nitrogens with two attached hydrogens (primary N) is 1. The second kappa shape index (κ2) is 5.84. The molecule has 1 aromatic heterocycles. The lowest BCUT2D eigenvalue weighted by Gasteiger charge is -2.09. The van der Waals surface area contributed by atoms with Gasteiger partial charge in [0.15, 0.2) is 5.58 Å². The van der Waals surface area contributed by atoms with Crippen LogP contribution in [0.25, 0.3) is 11.1 Å². The molecule has 0 fully saturated rings. The number of hydrogen-bond acceptors (Lipinski definition) is 4. The van der Waals surface area contributed by atoms with Gasteiger partial charge in [-0.2, -0.15) is 0 Å². The van der Waals surface area contributed by atoms with Gasteiger partial charge in [-0.1, -0.05) is 13.0 Å². The maximum Gasteiger partial charge on any atom is 0.417 e. The summed E-state index contributed by atoms with van der Waals surface area (Å²) >= 11 is 0. The highest BCUT2D eigenvalue weighted by Gasteiger charge is 2.02. The van der Waals surface area contributed by atoms with Gasteiger partial charge in [0.25, 0.3) is 0 Å². The molecule has 2 rings (SSSR count). The lowest BCUT2D eigenvalue weighted by molar-refractivity contribution is 0.524. The maximum absolute atomic E-state index is 11.0. The summed E-state index contributed by atoms with van der Waals surface area (Å²) in [5.41, 5.74) is 8.08. The van der Waals surface area contributed by atoms with Crippen molar-refractivity contribution in [3.63, 3.8) is 0 Å². The van der Waals surface area contributed by atoms with E-state index in [0.717, 1.165) is 25.0 Å². The van der Waals surface area contributed by atoms with E-state index in [1.54, 1.807) is 0 Å². The Kier molecular flexibility index (Phi) is 4.17. The summed E-state index contributed by atoms with van der Waals surface area (Å²) in [6.07, 6.45) is 0.917. The van der Waals surface area contributed by atoms with Crippen LogP contribution in [0.1, 0.15) is 12.5 Å². The lowest BCUT2D eigenvalue weighted by Crippen LogP contribution is -2.27. The van der Waals surface area contributed by atoms with Crippen molar-refractivity contribution < 1.29 is 4.42 Å². The van der Waals surface area contributed by atoms with E-state index in [9.17, 15) is 4.79 Å². The fraction of sp³-hybridized carbons (Fsp3) is 0.462. The first-order chi connectivity index (χ1) is 8.69. The number of aromatic nitrogens is 1. The quantitative estimate of drug-likeness (QED) is 0.663. The molecule has 1 aromatic carbocycles. The van der Waals surface area contributed by atoms with Crippen LogP contribution in [0.5, 0.6) is 0 Å². The van der Waals surface area contributed by atoms with Crippen LogP contribution in [0, 0.1) is 5.92 Å². The van der Waals surface area contributed by atoms with Crippen LogP contribution in [-0.4, -0.2) is 24.6 Å². The minimum atomic E-state index is -0.406. The van der Waals surface area contributed by atoms with Gasteiger partial charge in [0.2, 0.25) is 0 Å². The summed E-state index contributed by atoms with van der Waals surface area (Å²) in [4.78, 5) is 13.7. The van der Waals surface area contributed by atoms with E-state index >= 15 is 0 Å². The van der Waals surface area contributed by atoms with Crippen molar-refractivity contribution in [3.05, 3.63) is 34.3 Å². The third kappa shape index (κ3) is 3.21. The number of H-pyrrole nitrogens is 1. The molecule has 1 unspecified atom stereocenters. The van der Waals surface area contributed by atoms with Gasteiger partial charge in [-0.3, -0.25) is 4.98 Å². The van der Waals surface area contributed by atoms with Crippen molar-refractivity contribution >= 4 is 11.1 Å². The highest BCUT2D eigenvalue weighted by molar-refractivity contribution is 5.72. The van der Waals surface area contributed by atoms with Gasteiger partial charge in [0.05, 0.1) is 5.52 Å². The molecule has 18 heavy (non-hydrogen) atoms. The van der Waals surface area contributed by atoms with E-state index in [1.165, 1.54) is 5.56 Å². The average molecular weight is 249 g/mol. The first-order valence-electron chi connectivity index (χ1n) is 6.21. The Hall–Kier alpha value is -1.59. The Balaban J connectivity index is 1.89. The van der Waals surface area contributed by atoms with E-state index in [-0.39, 0.29) is 0 Å². The summed E-state index contributed by atoms with van der Waals surface area (Å²) in [5.74, 6) is 0.0924. The fourth-order valence-electron chi connectivity index (χ4n) is 1.82. The topological polar surface area (TPSA) is 84.0 Å². The highest BCUT2D eigenvalue weighted by atomic mass is 16.4. The van der Waals surface area contributed by atoms with E-state index in [1.807, 2.05) is 18.2 Å². The van der Waals surface area contributed by atoms with Crippen molar-refractivity contribution in [3.8, 4) is 0 Å². The summed E-state index contributed by atoms with van der Waals surface area (Å²) in [7, 11) is 0. The van der Waals surface area contributed by atoms with E-state index < -0.39 is 5.76 Å². The van der Waals surface area contributed by atoms with Crippen LogP contribution in [0.15, 0.2) is 27.4 Å². The second-order valence-electron chi connectivity index (χ2n) is 4.64. The largest absolute Gasteiger partial charge is 0.417 e. The second-order valence-corrected chi connectivity index (χ2v) is 4.64. The van der Waals surface area contributed by atoms with E-state index in [4.69, 9.17) is 10.2 Å². The van der Waals surface area contributed by atoms with Crippen molar-refractivity contribution in [2.75, 3.05) is 19.6 Å². The van der Waals surface area contributed by atoms with Crippen molar-refractivity contribution in [1.82, 2.24) is 10.3 Å². The Morgan fingerprint density at radius 1 is 1.50 bits per heavy atom. The van der Waals surface area contributed by atoms with Gasteiger partial charge in [-0.05, 0) is 49.7 Å². The molecule has 0 aliphatic carbocycles. The Morgan fingerprint density at radius 3 is 3.11 bits per heavy atom. The molecule has 0 spiro atoms. The van der Waals surface area contributed by atoms with Crippen molar-refractivity contribution in [1.29, 1.82) is 0 Å². The predicted molar refractivity (Wildman–Crippen MR) is 71.6 cm³/mol. The summed E-state index contributed by atoms with van der Waals surface area (Å²) in [6.45, 7) is 4.66. The molecule has 0 saturated heterocycles. The Labute approximate surface area is 105 Å². The minimum absolute atomic E-state index is 0.406. The van der Waals surface area contributed by atoms with Crippen LogP contribution in [-0.2, 0) is 6.42 Å². The van der Waals surface area contributed by atoms with Gasteiger partial charge < -0.3 is 15.5 Å². The summed E-state index contributed by atoms with van der Waals surface area (Å²) < 4.78 is 4.95. The molecular weight excluding hydrogens is 230 g/mol. The highest BCUT2D eigenvalue weighted by Crippen LogP contribution is 2.12. The normalized spacial score (nSPS) is 13.0. The fourth-order valence-corrected chi connectivity index (χ4v) is 1.82. The third-order valence-electron chi connectivity index (χ3n) is 2.97. The van der Waals surface area contributed by atoms with Crippen LogP contribution in [0.2, 0.25) is 0 Å². The summed E-state index contributed by atoms with van der Waals surface area (Å²) in [5, 5.41) is 3.36. The third-order valence-corrected chi connectivity index (χ3v) is 2.97. The number of nitrogens with one attached hydrogen (secondary N) is 2. The molecule has 0 aliphatic heterocycles. The number of rotatable bonds is 6. The summed E-state index contributed by atoms with van der Waals surface area (Å²) in [6, 6.07) is 5.76. The standard InChI is InChI=1S/C13H19N3O2/c1-9(7-14)8-15-5-4-10-2-3-12-11(6-10)16-13(17)18-12/h2-3,6,9,15H,4-5,7-8,14H2,1H3,(H,16,17). The molecule has 0 radical (unpaired) electrons. The van der Waals surface area contributed by atoms with Crippen LogP contribution in [0.4, 0.5) is 0 Å². The van der Waals surface area contributed by atoms with Gasteiger partial charge >= 0.3 is 5.76 Å². The van der Waals surface area contributed by atoms with Crippen LogP contribution >= 0.6 is 0 Å². The average Bonchev–Trinajstić information content (AvgIpc) is 2.73. The van der Waals surface area contributed by atoms with Crippen molar-refractivity contribution in [2.24, 2.45) is 11.7 Å². The van der Waals surface area contributed by atoms with Crippen molar-refractivity contribution in [2.45, 2.75) is 13.3 Å². The zero-order valence-electron chi connectivity index (χ0n) is 10.5. The molecule has 0 amide bonds. The Morgan fingerprint density at radius 2 is 2.33 bits per heavy atom. The molecule has 1 heterocycles. The van der Waals surface area contributed by atoms with Gasteiger partial charge in [0.1, 0.15) is 0 Å². The molecule has 98 valence electrons. The molecule has 1 atom stereocenters. The predicted octanol–water partition coefficient (Wildman–Crippen LogP) is 0.848. The monoisotopic (exact) mass is 249 g/mol. The SMILES string of the molecule is CC(CN)CNCCc1ccc2oc(=O)[nH]c2c1. The maximum atomic E-state index is 11.0. The number of benzene rings is 1. The lowest BCUT2D eigenvalue weighted by atomic mass is 10.1. The molecule has 0 saturated carbocycles. The first kappa shape index (κ1) is 12.9. The number of fused-ring (bicyclic) bond motifs is 1. The minimum Gasteiger partial charge on any atom is -0.408 e.